The molecule has 1 N–H and O–H groups in total. The van der Waals surface area contributed by atoms with Crippen LogP contribution < -0.4 is 0 Å². The zero-order chi connectivity index (χ0) is 13.1. The number of carbonyl (C=O) groups excluding carboxylic acids is 1. The van der Waals surface area contributed by atoms with Crippen LogP contribution in [0.25, 0.3) is 0 Å². The second-order valence-corrected chi connectivity index (χ2v) is 4.86. The van der Waals surface area contributed by atoms with Gasteiger partial charge in [-0.15, -0.1) is 0 Å². The summed E-state index contributed by atoms with van der Waals surface area (Å²) in [5.41, 5.74) is 1.72. The van der Waals surface area contributed by atoms with Crippen LogP contribution in [0.15, 0.2) is 24.3 Å². The van der Waals surface area contributed by atoms with Gasteiger partial charge in [0.25, 0.3) is 0 Å². The minimum atomic E-state index is -0.833. The molecule has 1 aromatic carbocycles. The fraction of sp³-hybridized carbons (Fsp3) is 0.467. The lowest BCUT2D eigenvalue weighted by atomic mass is 9.86. The molecule has 1 aliphatic carbocycles. The number of hydrogen-bond acceptors (Lipinski definition) is 2. The molecule has 3 nitrogen and oxygen atoms in total. The molecule has 2 unspecified atom stereocenters. The monoisotopic (exact) mass is 246 g/mol. The van der Waals surface area contributed by atoms with E-state index in [1.165, 1.54) is 0 Å². The van der Waals surface area contributed by atoms with Crippen molar-refractivity contribution >= 4 is 11.8 Å². The van der Waals surface area contributed by atoms with Gasteiger partial charge < -0.3 is 5.11 Å². The number of ketones is 1. The fourth-order valence-electron chi connectivity index (χ4n) is 2.84. The van der Waals surface area contributed by atoms with Crippen LogP contribution in [-0.2, 0) is 11.2 Å². The predicted molar refractivity (Wildman–Crippen MR) is 68.6 cm³/mol. The summed E-state index contributed by atoms with van der Waals surface area (Å²) < 4.78 is 0. The van der Waals surface area contributed by atoms with Gasteiger partial charge >= 0.3 is 5.97 Å². The molecule has 0 aromatic heterocycles. The molecule has 1 saturated carbocycles. The van der Waals surface area contributed by atoms with E-state index in [0.29, 0.717) is 18.4 Å². The number of aryl methyl sites for hydroxylation is 1. The van der Waals surface area contributed by atoms with Crippen molar-refractivity contribution in [1.29, 1.82) is 0 Å². The van der Waals surface area contributed by atoms with E-state index in [-0.39, 0.29) is 11.7 Å². The highest BCUT2D eigenvalue weighted by molar-refractivity contribution is 6.01. The number of hydrogen-bond donors (Lipinski definition) is 1. The van der Waals surface area contributed by atoms with Crippen LogP contribution in [0, 0.1) is 11.8 Å². The van der Waals surface area contributed by atoms with Crippen molar-refractivity contribution in [2.24, 2.45) is 11.8 Å². The maximum Gasteiger partial charge on any atom is 0.307 e. The van der Waals surface area contributed by atoms with Crippen molar-refractivity contribution in [2.45, 2.75) is 32.6 Å². The molecule has 0 saturated heterocycles. The zero-order valence-electron chi connectivity index (χ0n) is 10.6. The Kier molecular flexibility index (Phi) is 3.80. The normalized spacial score (nSPS) is 22.9. The Morgan fingerprint density at radius 3 is 2.56 bits per heavy atom. The van der Waals surface area contributed by atoms with Crippen molar-refractivity contribution in [3.05, 3.63) is 35.4 Å². The largest absolute Gasteiger partial charge is 0.481 e. The third-order valence-corrected chi connectivity index (χ3v) is 3.83. The lowest BCUT2D eigenvalue weighted by Gasteiger charge is -2.16. The summed E-state index contributed by atoms with van der Waals surface area (Å²) in [6.45, 7) is 2.01. The van der Waals surface area contributed by atoms with Crippen LogP contribution in [0.2, 0.25) is 0 Å². The average Bonchev–Trinajstić information content (AvgIpc) is 2.87. The van der Waals surface area contributed by atoms with E-state index in [0.717, 1.165) is 18.4 Å². The van der Waals surface area contributed by atoms with E-state index in [2.05, 4.69) is 0 Å². The van der Waals surface area contributed by atoms with E-state index < -0.39 is 11.9 Å². The molecule has 0 amide bonds. The molecule has 0 radical (unpaired) electrons. The van der Waals surface area contributed by atoms with Gasteiger partial charge in [-0.25, -0.2) is 0 Å². The number of benzene rings is 1. The molecule has 96 valence electrons. The molecule has 0 heterocycles. The van der Waals surface area contributed by atoms with Gasteiger partial charge in [0.05, 0.1) is 5.92 Å². The summed E-state index contributed by atoms with van der Waals surface area (Å²) in [6, 6.07) is 7.52. The Balaban J connectivity index is 2.28. The SMILES string of the molecule is CCc1ccccc1C(=O)C1CCCC1C(=O)O. The summed E-state index contributed by atoms with van der Waals surface area (Å²) in [5.74, 6) is -1.66. The van der Waals surface area contributed by atoms with Gasteiger partial charge in [-0.3, -0.25) is 9.59 Å². The molecule has 0 aliphatic heterocycles. The molecule has 18 heavy (non-hydrogen) atoms. The lowest BCUT2D eigenvalue weighted by Crippen LogP contribution is -2.26. The quantitative estimate of drug-likeness (QED) is 0.831. The maximum absolute atomic E-state index is 12.5. The second-order valence-electron chi connectivity index (χ2n) is 4.86. The molecular weight excluding hydrogens is 228 g/mol. The second kappa shape index (κ2) is 5.34. The summed E-state index contributed by atoms with van der Waals surface area (Å²) >= 11 is 0. The third-order valence-electron chi connectivity index (χ3n) is 3.83. The number of Topliss-reactive ketones (excluding diaryl/α,β-unsaturated/α-hetero) is 1. The molecule has 2 atom stereocenters. The molecule has 3 heteroatoms. The minimum Gasteiger partial charge on any atom is -0.481 e. The highest BCUT2D eigenvalue weighted by Gasteiger charge is 2.38. The molecule has 0 bridgehead atoms. The van der Waals surface area contributed by atoms with Crippen LogP contribution in [0.5, 0.6) is 0 Å². The predicted octanol–water partition coefficient (Wildman–Crippen LogP) is 2.93. The Morgan fingerprint density at radius 1 is 1.22 bits per heavy atom. The standard InChI is InChI=1S/C15H18O3/c1-2-10-6-3-4-7-11(10)14(16)12-8-5-9-13(12)15(17)18/h3-4,6-7,12-13H,2,5,8-9H2,1H3,(H,17,18). The molecule has 1 fully saturated rings. The van der Waals surface area contributed by atoms with Gasteiger partial charge in [-0.1, -0.05) is 37.6 Å². The Morgan fingerprint density at radius 2 is 1.89 bits per heavy atom. The van der Waals surface area contributed by atoms with Crippen LogP contribution >= 0.6 is 0 Å². The van der Waals surface area contributed by atoms with Crippen molar-refractivity contribution in [1.82, 2.24) is 0 Å². The minimum absolute atomic E-state index is 0.0114. The van der Waals surface area contributed by atoms with E-state index in [1.54, 1.807) is 0 Å². The van der Waals surface area contributed by atoms with Gasteiger partial charge in [0.1, 0.15) is 0 Å². The van der Waals surface area contributed by atoms with E-state index in [9.17, 15) is 9.59 Å². The highest BCUT2D eigenvalue weighted by atomic mass is 16.4. The van der Waals surface area contributed by atoms with E-state index in [1.807, 2.05) is 31.2 Å². The highest BCUT2D eigenvalue weighted by Crippen LogP contribution is 2.35. The smallest absolute Gasteiger partial charge is 0.307 e. The molecular formula is C15H18O3. The number of carboxylic acid groups (broad SMARTS) is 1. The number of carboxylic acids is 1. The topological polar surface area (TPSA) is 54.4 Å². The number of aliphatic carboxylic acids is 1. The van der Waals surface area contributed by atoms with Gasteiger partial charge in [-0.05, 0) is 24.8 Å². The zero-order valence-corrected chi connectivity index (χ0v) is 10.6. The summed E-state index contributed by atoms with van der Waals surface area (Å²) in [5, 5.41) is 9.15. The first kappa shape index (κ1) is 12.8. The molecule has 2 rings (SSSR count). The first-order chi connectivity index (χ1) is 8.65. The first-order valence-electron chi connectivity index (χ1n) is 6.50. The van der Waals surface area contributed by atoms with Crippen molar-refractivity contribution in [3.63, 3.8) is 0 Å². The Bertz CT molecular complexity index is 465. The lowest BCUT2D eigenvalue weighted by molar-refractivity contribution is -0.142. The summed E-state index contributed by atoms with van der Waals surface area (Å²) in [7, 11) is 0. The van der Waals surface area contributed by atoms with Gasteiger partial charge in [0, 0.05) is 11.5 Å². The first-order valence-corrected chi connectivity index (χ1v) is 6.50. The average molecular weight is 246 g/mol. The number of rotatable bonds is 4. The van der Waals surface area contributed by atoms with Crippen LogP contribution in [-0.4, -0.2) is 16.9 Å². The number of carbonyl (C=O) groups is 2. The van der Waals surface area contributed by atoms with E-state index >= 15 is 0 Å². The van der Waals surface area contributed by atoms with Gasteiger partial charge in [0.2, 0.25) is 0 Å². The van der Waals surface area contributed by atoms with Crippen molar-refractivity contribution in [3.8, 4) is 0 Å². The fourth-order valence-corrected chi connectivity index (χ4v) is 2.84. The molecule has 0 spiro atoms. The van der Waals surface area contributed by atoms with Crippen LogP contribution in [0.3, 0.4) is 0 Å². The van der Waals surface area contributed by atoms with Crippen LogP contribution in [0.1, 0.15) is 42.1 Å². The molecule has 1 aliphatic rings. The Hall–Kier alpha value is -1.64. The van der Waals surface area contributed by atoms with Crippen molar-refractivity contribution in [2.75, 3.05) is 0 Å². The summed E-state index contributed by atoms with van der Waals surface area (Å²) in [6.07, 6.45) is 2.96. The van der Waals surface area contributed by atoms with Gasteiger partial charge in [-0.2, -0.15) is 0 Å². The van der Waals surface area contributed by atoms with Gasteiger partial charge in [0.15, 0.2) is 5.78 Å². The summed E-state index contributed by atoms with van der Waals surface area (Å²) in [4.78, 5) is 23.6. The van der Waals surface area contributed by atoms with E-state index in [4.69, 9.17) is 5.11 Å². The Labute approximate surface area is 107 Å². The van der Waals surface area contributed by atoms with Crippen LogP contribution in [0.4, 0.5) is 0 Å². The van der Waals surface area contributed by atoms with Crippen molar-refractivity contribution < 1.29 is 14.7 Å². The third kappa shape index (κ3) is 2.30. The maximum atomic E-state index is 12.5. The molecule has 1 aromatic rings.